The number of nitrogens with one attached hydrogen (secondary N) is 2. The Kier molecular flexibility index (Phi) is 5.18. The second kappa shape index (κ2) is 7.55. The van der Waals surface area contributed by atoms with Crippen LogP contribution in [0.1, 0.15) is 23.2 Å². The summed E-state index contributed by atoms with van der Waals surface area (Å²) in [5.74, 6) is 0.267. The van der Waals surface area contributed by atoms with E-state index in [0.717, 1.165) is 10.4 Å². The average Bonchev–Trinajstić information content (AvgIpc) is 3.13. The van der Waals surface area contributed by atoms with E-state index in [-0.39, 0.29) is 23.0 Å². The maximum atomic E-state index is 13.1. The van der Waals surface area contributed by atoms with Crippen molar-refractivity contribution in [2.24, 2.45) is 0 Å². The Labute approximate surface area is 177 Å². The van der Waals surface area contributed by atoms with Crippen LogP contribution in [0.15, 0.2) is 23.0 Å². The number of carbonyl (C=O) groups is 1. The number of carbonyl (C=O) groups excluding carboxylic acids is 1. The third kappa shape index (κ3) is 3.99. The third-order valence-electron chi connectivity index (χ3n) is 4.60. The molecule has 30 heavy (non-hydrogen) atoms. The van der Waals surface area contributed by atoms with Gasteiger partial charge in [0.15, 0.2) is 11.5 Å². The molecule has 4 rings (SSSR count). The number of thioether (sulfide) groups is 1. The Morgan fingerprint density at radius 1 is 1.33 bits per heavy atom. The molecule has 3 heterocycles. The summed E-state index contributed by atoms with van der Waals surface area (Å²) in [5.41, 5.74) is 1.05. The normalized spacial score (nSPS) is 15.4. The SMILES string of the molecule is Cc1sc2nc(CS[C@H](C)C(=O)Nc3ccc4c(c3)OC(F)(F)O4)[nH]c(=O)c2c1C. The molecule has 7 nitrogen and oxygen atoms in total. The van der Waals surface area contributed by atoms with Crippen LogP contribution in [-0.2, 0) is 10.5 Å². The lowest BCUT2D eigenvalue weighted by Crippen LogP contribution is -2.26. The number of alkyl halides is 2. The van der Waals surface area contributed by atoms with Gasteiger partial charge in [0.2, 0.25) is 5.91 Å². The van der Waals surface area contributed by atoms with Gasteiger partial charge in [-0.15, -0.1) is 31.9 Å². The highest BCUT2D eigenvalue weighted by molar-refractivity contribution is 7.99. The summed E-state index contributed by atoms with van der Waals surface area (Å²) in [5, 5.41) is 2.78. The number of aromatic amines is 1. The summed E-state index contributed by atoms with van der Waals surface area (Å²) >= 11 is 2.76. The van der Waals surface area contributed by atoms with E-state index in [1.807, 2.05) is 13.8 Å². The van der Waals surface area contributed by atoms with E-state index in [9.17, 15) is 18.4 Å². The molecular weight excluding hydrogens is 436 g/mol. The second-order valence-electron chi connectivity index (χ2n) is 6.75. The first-order valence-corrected chi connectivity index (χ1v) is 10.8. The number of benzene rings is 1. The number of fused-ring (bicyclic) bond motifs is 2. The number of hydrogen-bond donors (Lipinski definition) is 2. The van der Waals surface area contributed by atoms with Crippen molar-refractivity contribution in [3.05, 3.63) is 44.8 Å². The first kappa shape index (κ1) is 20.6. The number of hydrogen-bond acceptors (Lipinski definition) is 7. The lowest BCUT2D eigenvalue weighted by Gasteiger charge is -2.12. The summed E-state index contributed by atoms with van der Waals surface area (Å²) in [6, 6.07) is 4.03. The van der Waals surface area contributed by atoms with Gasteiger partial charge in [-0.3, -0.25) is 9.59 Å². The van der Waals surface area contributed by atoms with Crippen molar-refractivity contribution in [2.75, 3.05) is 5.32 Å². The van der Waals surface area contributed by atoms with Crippen LogP contribution in [-0.4, -0.2) is 27.4 Å². The van der Waals surface area contributed by atoms with Gasteiger partial charge in [-0.2, -0.15) is 0 Å². The fraction of sp³-hybridized carbons (Fsp3) is 0.316. The summed E-state index contributed by atoms with van der Waals surface area (Å²) < 4.78 is 34.9. The molecular formula is C19H17F2N3O4S2. The number of H-pyrrole nitrogens is 1. The summed E-state index contributed by atoms with van der Waals surface area (Å²) in [4.78, 5) is 33.8. The smallest absolute Gasteiger partial charge is 0.395 e. The topological polar surface area (TPSA) is 93.3 Å². The quantitative estimate of drug-likeness (QED) is 0.602. The largest absolute Gasteiger partial charge is 0.586 e. The van der Waals surface area contributed by atoms with Gasteiger partial charge in [-0.25, -0.2) is 4.98 Å². The highest BCUT2D eigenvalue weighted by atomic mass is 32.2. The fourth-order valence-corrected chi connectivity index (χ4v) is 4.72. The van der Waals surface area contributed by atoms with Gasteiger partial charge in [0.05, 0.1) is 16.4 Å². The molecule has 3 aromatic rings. The Morgan fingerprint density at radius 2 is 2.07 bits per heavy atom. The third-order valence-corrected chi connectivity index (χ3v) is 6.85. The number of ether oxygens (including phenoxy) is 2. The maximum absolute atomic E-state index is 13.1. The van der Waals surface area contributed by atoms with Crippen LogP contribution < -0.4 is 20.3 Å². The van der Waals surface area contributed by atoms with Gasteiger partial charge in [0, 0.05) is 16.6 Å². The van der Waals surface area contributed by atoms with Gasteiger partial charge in [-0.1, -0.05) is 0 Å². The van der Waals surface area contributed by atoms with Crippen molar-refractivity contribution in [2.45, 2.75) is 38.1 Å². The van der Waals surface area contributed by atoms with Gasteiger partial charge < -0.3 is 19.8 Å². The zero-order chi connectivity index (χ0) is 21.6. The van der Waals surface area contributed by atoms with Crippen molar-refractivity contribution >= 4 is 44.9 Å². The maximum Gasteiger partial charge on any atom is 0.586 e. The van der Waals surface area contributed by atoms with E-state index in [1.54, 1.807) is 6.92 Å². The molecule has 2 N–H and O–H groups in total. The van der Waals surface area contributed by atoms with E-state index >= 15 is 0 Å². The van der Waals surface area contributed by atoms with E-state index < -0.39 is 11.5 Å². The highest BCUT2D eigenvalue weighted by Crippen LogP contribution is 2.42. The zero-order valence-corrected chi connectivity index (χ0v) is 17.8. The molecule has 0 radical (unpaired) electrons. The predicted molar refractivity (Wildman–Crippen MR) is 112 cm³/mol. The number of rotatable bonds is 5. The fourth-order valence-electron chi connectivity index (χ4n) is 2.92. The molecule has 0 aliphatic carbocycles. The summed E-state index contributed by atoms with van der Waals surface area (Å²) in [6.45, 7) is 5.54. The van der Waals surface area contributed by atoms with Crippen LogP contribution in [0.4, 0.5) is 14.5 Å². The van der Waals surface area contributed by atoms with Gasteiger partial charge in [0.25, 0.3) is 5.56 Å². The van der Waals surface area contributed by atoms with E-state index in [2.05, 4.69) is 24.8 Å². The first-order chi connectivity index (χ1) is 14.1. The lowest BCUT2D eigenvalue weighted by atomic mass is 10.2. The van der Waals surface area contributed by atoms with Crippen molar-refractivity contribution in [3.8, 4) is 11.5 Å². The first-order valence-electron chi connectivity index (χ1n) is 8.94. The number of nitrogens with zero attached hydrogens (tertiary/aromatic N) is 1. The lowest BCUT2D eigenvalue weighted by molar-refractivity contribution is -0.286. The van der Waals surface area contributed by atoms with Crippen molar-refractivity contribution in [1.29, 1.82) is 0 Å². The number of aryl methyl sites for hydroxylation is 2. The van der Waals surface area contributed by atoms with Crippen LogP contribution in [0.5, 0.6) is 11.5 Å². The number of anilines is 1. The predicted octanol–water partition coefficient (Wildman–Crippen LogP) is 4.18. The minimum Gasteiger partial charge on any atom is -0.395 e. The van der Waals surface area contributed by atoms with E-state index in [4.69, 9.17) is 0 Å². The van der Waals surface area contributed by atoms with Crippen LogP contribution in [0, 0.1) is 13.8 Å². The molecule has 1 atom stereocenters. The van der Waals surface area contributed by atoms with E-state index in [0.29, 0.717) is 27.5 Å². The van der Waals surface area contributed by atoms with Crippen molar-refractivity contribution in [1.82, 2.24) is 9.97 Å². The molecule has 11 heteroatoms. The standard InChI is InChI=1S/C19H17F2N3O4S2/c1-8-9(2)30-18-15(8)17(26)23-14(24-18)7-29-10(3)16(25)22-11-4-5-12-13(6-11)28-19(20,21)27-12/h4-6,10H,7H2,1-3H3,(H,22,25)(H,23,24,26)/t10-/m1/s1. The van der Waals surface area contributed by atoms with Crippen LogP contribution >= 0.6 is 23.1 Å². The highest BCUT2D eigenvalue weighted by Gasteiger charge is 2.43. The monoisotopic (exact) mass is 453 g/mol. The van der Waals surface area contributed by atoms with Crippen LogP contribution in [0.25, 0.3) is 10.2 Å². The van der Waals surface area contributed by atoms with Crippen LogP contribution in [0.3, 0.4) is 0 Å². The summed E-state index contributed by atoms with van der Waals surface area (Å²) in [6.07, 6.45) is -3.71. The average molecular weight is 453 g/mol. The van der Waals surface area contributed by atoms with Gasteiger partial charge >= 0.3 is 6.29 Å². The second-order valence-corrected chi connectivity index (χ2v) is 9.28. The Morgan fingerprint density at radius 3 is 2.83 bits per heavy atom. The Balaban J connectivity index is 1.40. The Hall–Kier alpha value is -2.66. The van der Waals surface area contributed by atoms with Gasteiger partial charge in [0.1, 0.15) is 10.7 Å². The molecule has 1 aliphatic rings. The van der Waals surface area contributed by atoms with Crippen molar-refractivity contribution < 1.29 is 23.0 Å². The molecule has 0 bridgehead atoms. The molecule has 158 valence electrons. The molecule has 0 unspecified atom stereocenters. The molecule has 2 aromatic heterocycles. The molecule has 0 saturated carbocycles. The Bertz CT molecular complexity index is 1210. The molecule has 1 aromatic carbocycles. The number of thiophene rings is 1. The van der Waals surface area contributed by atoms with E-state index in [1.165, 1.54) is 41.3 Å². The molecule has 0 saturated heterocycles. The molecule has 0 spiro atoms. The molecule has 1 amide bonds. The zero-order valence-electron chi connectivity index (χ0n) is 16.2. The number of halogens is 2. The van der Waals surface area contributed by atoms with Crippen LogP contribution in [0.2, 0.25) is 0 Å². The summed E-state index contributed by atoms with van der Waals surface area (Å²) in [7, 11) is 0. The number of amides is 1. The molecule has 0 fully saturated rings. The molecule has 1 aliphatic heterocycles. The van der Waals surface area contributed by atoms with Crippen molar-refractivity contribution in [3.63, 3.8) is 0 Å². The minimum atomic E-state index is -3.71. The number of aromatic nitrogens is 2. The minimum absolute atomic E-state index is 0.0927. The van der Waals surface area contributed by atoms with Gasteiger partial charge in [-0.05, 0) is 38.5 Å².